The molecule has 184 valence electrons. The summed E-state index contributed by atoms with van der Waals surface area (Å²) in [5, 5.41) is 9.47. The molecule has 3 aromatic carbocycles. The van der Waals surface area contributed by atoms with Gasteiger partial charge in [0.05, 0.1) is 41.7 Å². The van der Waals surface area contributed by atoms with Crippen molar-refractivity contribution in [1.82, 2.24) is 0 Å². The second-order valence-corrected chi connectivity index (χ2v) is 9.65. The van der Waals surface area contributed by atoms with E-state index in [0.29, 0.717) is 37.6 Å². The normalized spacial score (nSPS) is 13.9. The van der Waals surface area contributed by atoms with E-state index in [-0.39, 0.29) is 16.1 Å². The average molecular weight is 498 g/mol. The van der Waals surface area contributed by atoms with Crippen LogP contribution < -0.4 is 24.0 Å². The van der Waals surface area contributed by atoms with Crippen LogP contribution in [0.4, 0.5) is 17.1 Å². The van der Waals surface area contributed by atoms with Gasteiger partial charge in [-0.1, -0.05) is 12.1 Å². The van der Waals surface area contributed by atoms with Gasteiger partial charge in [-0.2, -0.15) is 0 Å². The first-order valence-electron chi connectivity index (χ1n) is 11.0. The summed E-state index contributed by atoms with van der Waals surface area (Å²) in [6.45, 7) is 2.60. The van der Waals surface area contributed by atoms with Crippen LogP contribution in [-0.2, 0) is 10.0 Å². The van der Waals surface area contributed by atoms with Crippen LogP contribution >= 0.6 is 0 Å². The zero-order valence-electron chi connectivity index (χ0n) is 19.5. The summed E-state index contributed by atoms with van der Waals surface area (Å²) in [4.78, 5) is 15.9. The Morgan fingerprint density at radius 1 is 0.857 bits per heavy atom. The van der Waals surface area contributed by atoms with E-state index in [1.807, 2.05) is 29.2 Å². The Balaban J connectivity index is 1.59. The Morgan fingerprint density at radius 3 is 2.09 bits per heavy atom. The number of methoxy groups -OCH3 is 2. The number of rotatable bonds is 8. The Hall–Kier alpha value is -3.92. The van der Waals surface area contributed by atoms with E-state index in [9.17, 15) is 18.3 Å². The first-order chi connectivity index (χ1) is 16.8. The number of carbonyl (C=O) groups is 1. The fourth-order valence-electron chi connectivity index (χ4n) is 4.06. The molecule has 0 aromatic heterocycles. The van der Waals surface area contributed by atoms with Gasteiger partial charge in [0.15, 0.2) is 0 Å². The SMILES string of the molecule is COc1ccc(S(=O)(=O)Nc2cc(C(=O)O)ccc2N2CCN(c3ccccc3OC)CC2)cc1. The molecule has 0 atom stereocenters. The fourth-order valence-corrected chi connectivity index (χ4v) is 5.13. The Bertz CT molecular complexity index is 1300. The van der Waals surface area contributed by atoms with Crippen LogP contribution in [0, 0.1) is 0 Å². The van der Waals surface area contributed by atoms with Gasteiger partial charge in [0.25, 0.3) is 10.0 Å². The van der Waals surface area contributed by atoms with Crippen LogP contribution in [0.2, 0.25) is 0 Å². The highest BCUT2D eigenvalue weighted by atomic mass is 32.2. The van der Waals surface area contributed by atoms with Crippen LogP contribution in [0.1, 0.15) is 10.4 Å². The molecule has 0 spiro atoms. The number of hydrogen-bond donors (Lipinski definition) is 2. The number of benzene rings is 3. The molecule has 4 rings (SSSR count). The molecule has 0 amide bonds. The Morgan fingerprint density at radius 2 is 1.49 bits per heavy atom. The molecule has 35 heavy (non-hydrogen) atoms. The first kappa shape index (κ1) is 24.2. The van der Waals surface area contributed by atoms with Crippen molar-refractivity contribution in [3.63, 3.8) is 0 Å². The number of para-hydroxylation sites is 2. The number of carboxylic acid groups (broad SMARTS) is 1. The van der Waals surface area contributed by atoms with E-state index >= 15 is 0 Å². The van der Waals surface area contributed by atoms with Gasteiger partial charge >= 0.3 is 5.97 Å². The summed E-state index contributed by atoms with van der Waals surface area (Å²) in [7, 11) is -0.819. The predicted octanol–water partition coefficient (Wildman–Crippen LogP) is 3.53. The minimum Gasteiger partial charge on any atom is -0.497 e. The highest BCUT2D eigenvalue weighted by molar-refractivity contribution is 7.92. The molecule has 0 saturated carbocycles. The smallest absolute Gasteiger partial charge is 0.335 e. The third kappa shape index (κ3) is 5.27. The largest absolute Gasteiger partial charge is 0.497 e. The summed E-state index contributed by atoms with van der Waals surface area (Å²) >= 11 is 0. The van der Waals surface area contributed by atoms with Gasteiger partial charge < -0.3 is 24.4 Å². The number of nitrogens with zero attached hydrogens (tertiary/aromatic N) is 2. The van der Waals surface area contributed by atoms with E-state index in [1.54, 1.807) is 25.3 Å². The molecule has 3 aromatic rings. The quantitative estimate of drug-likeness (QED) is 0.487. The van der Waals surface area contributed by atoms with Crippen LogP contribution in [0.25, 0.3) is 0 Å². The summed E-state index contributed by atoms with van der Waals surface area (Å²) in [6, 6.07) is 18.3. The molecular formula is C25H27N3O6S. The molecule has 1 saturated heterocycles. The monoisotopic (exact) mass is 497 g/mol. The maximum Gasteiger partial charge on any atom is 0.335 e. The topological polar surface area (TPSA) is 108 Å². The summed E-state index contributed by atoms with van der Waals surface area (Å²) in [6.07, 6.45) is 0. The molecular weight excluding hydrogens is 470 g/mol. The third-order valence-corrected chi connectivity index (χ3v) is 7.29. The molecule has 0 bridgehead atoms. The Kier molecular flexibility index (Phi) is 7.02. The van der Waals surface area contributed by atoms with E-state index in [4.69, 9.17) is 9.47 Å². The number of sulfonamides is 1. The summed E-state index contributed by atoms with van der Waals surface area (Å²) in [5.74, 6) is 0.188. The number of nitrogens with one attached hydrogen (secondary N) is 1. The van der Waals surface area contributed by atoms with Crippen molar-refractivity contribution in [1.29, 1.82) is 0 Å². The van der Waals surface area contributed by atoms with Gasteiger partial charge in [-0.3, -0.25) is 4.72 Å². The van der Waals surface area contributed by atoms with E-state index < -0.39 is 16.0 Å². The van der Waals surface area contributed by atoms with Gasteiger partial charge in [-0.05, 0) is 54.6 Å². The minimum absolute atomic E-state index is 0.00570. The lowest BCUT2D eigenvalue weighted by molar-refractivity contribution is 0.0697. The number of carboxylic acids is 1. The molecule has 1 aliphatic rings. The maximum absolute atomic E-state index is 13.1. The molecule has 0 aliphatic carbocycles. The van der Waals surface area contributed by atoms with Crippen molar-refractivity contribution >= 4 is 33.1 Å². The maximum atomic E-state index is 13.1. The number of aromatic carboxylic acids is 1. The van der Waals surface area contributed by atoms with Crippen LogP contribution in [0.15, 0.2) is 71.6 Å². The van der Waals surface area contributed by atoms with Gasteiger partial charge in [-0.15, -0.1) is 0 Å². The number of hydrogen-bond acceptors (Lipinski definition) is 7. The molecule has 0 radical (unpaired) electrons. The lowest BCUT2D eigenvalue weighted by atomic mass is 10.1. The molecule has 0 unspecified atom stereocenters. The van der Waals surface area contributed by atoms with E-state index in [2.05, 4.69) is 9.62 Å². The van der Waals surface area contributed by atoms with Gasteiger partial charge in [0.2, 0.25) is 0 Å². The van der Waals surface area contributed by atoms with Crippen molar-refractivity contribution in [2.45, 2.75) is 4.90 Å². The van der Waals surface area contributed by atoms with Gasteiger partial charge in [0, 0.05) is 26.2 Å². The molecule has 1 fully saturated rings. The minimum atomic E-state index is -3.96. The highest BCUT2D eigenvalue weighted by Gasteiger charge is 2.24. The van der Waals surface area contributed by atoms with Gasteiger partial charge in [0.1, 0.15) is 11.5 Å². The lowest BCUT2D eigenvalue weighted by Crippen LogP contribution is -2.46. The van der Waals surface area contributed by atoms with Crippen molar-refractivity contribution in [2.24, 2.45) is 0 Å². The van der Waals surface area contributed by atoms with Crippen molar-refractivity contribution in [3.05, 3.63) is 72.3 Å². The van der Waals surface area contributed by atoms with Crippen LogP contribution in [0.5, 0.6) is 11.5 Å². The second-order valence-electron chi connectivity index (χ2n) is 7.96. The summed E-state index contributed by atoms with van der Waals surface area (Å²) < 4.78 is 39.3. The van der Waals surface area contributed by atoms with Gasteiger partial charge in [-0.25, -0.2) is 13.2 Å². The molecule has 2 N–H and O–H groups in total. The van der Waals surface area contributed by atoms with E-state index in [1.165, 1.54) is 31.4 Å². The van der Waals surface area contributed by atoms with Crippen molar-refractivity contribution < 1.29 is 27.8 Å². The van der Waals surface area contributed by atoms with Crippen LogP contribution in [0.3, 0.4) is 0 Å². The van der Waals surface area contributed by atoms with Crippen LogP contribution in [-0.4, -0.2) is 59.9 Å². The average Bonchev–Trinajstić information content (AvgIpc) is 2.88. The zero-order valence-corrected chi connectivity index (χ0v) is 20.3. The molecule has 9 nitrogen and oxygen atoms in total. The second kappa shape index (κ2) is 10.1. The van der Waals surface area contributed by atoms with E-state index in [0.717, 1.165) is 11.4 Å². The Labute approximate surface area is 204 Å². The summed E-state index contributed by atoms with van der Waals surface area (Å²) in [5.41, 5.74) is 1.82. The molecule has 10 heteroatoms. The number of piperazine rings is 1. The fraction of sp³-hybridized carbons (Fsp3) is 0.240. The number of ether oxygens (including phenoxy) is 2. The predicted molar refractivity (Wildman–Crippen MR) is 135 cm³/mol. The third-order valence-electron chi connectivity index (χ3n) is 5.90. The first-order valence-corrected chi connectivity index (χ1v) is 12.5. The van der Waals surface area contributed by atoms with Crippen molar-refractivity contribution in [2.75, 3.05) is 54.9 Å². The molecule has 1 heterocycles. The molecule has 1 aliphatic heterocycles. The number of anilines is 3. The lowest BCUT2D eigenvalue weighted by Gasteiger charge is -2.38. The zero-order chi connectivity index (χ0) is 25.0. The van der Waals surface area contributed by atoms with Crippen molar-refractivity contribution in [3.8, 4) is 11.5 Å². The highest BCUT2D eigenvalue weighted by Crippen LogP contribution is 2.33. The standard InChI is InChI=1S/C25H27N3O6S/c1-33-19-8-10-20(11-9-19)35(31,32)26-21-17-18(25(29)30)7-12-22(21)27-13-15-28(16-14-27)23-5-3-4-6-24(23)34-2/h3-12,17,26H,13-16H2,1-2H3,(H,29,30).